The second kappa shape index (κ2) is 5.36. The molecule has 1 atom stereocenters. The van der Waals surface area contributed by atoms with E-state index >= 15 is 0 Å². The van der Waals surface area contributed by atoms with Gasteiger partial charge in [-0.3, -0.25) is 9.59 Å². The fourth-order valence-electron chi connectivity index (χ4n) is 3.82. The molecule has 1 saturated carbocycles. The number of ketones is 1. The van der Waals surface area contributed by atoms with Crippen molar-refractivity contribution < 1.29 is 18.4 Å². The van der Waals surface area contributed by atoms with E-state index in [0.29, 0.717) is 5.56 Å². The normalized spacial score (nSPS) is 25.7. The van der Waals surface area contributed by atoms with Crippen molar-refractivity contribution in [3.05, 3.63) is 33.3 Å². The number of alkyl halides is 2. The summed E-state index contributed by atoms with van der Waals surface area (Å²) in [4.78, 5) is 25.4. The molecule has 1 unspecified atom stereocenters. The summed E-state index contributed by atoms with van der Waals surface area (Å²) < 4.78 is 27.7. The molecule has 1 aromatic carbocycles. The highest BCUT2D eigenvalue weighted by Crippen LogP contribution is 2.45. The molecule has 0 bridgehead atoms. The van der Waals surface area contributed by atoms with E-state index in [2.05, 4.69) is 21.2 Å². The predicted molar refractivity (Wildman–Crippen MR) is 85.7 cm³/mol. The molecule has 124 valence electrons. The van der Waals surface area contributed by atoms with Crippen LogP contribution in [0.25, 0.3) is 0 Å². The third kappa shape index (κ3) is 2.71. The number of Topliss-reactive ketones (excluding diaryl/α,β-unsaturated/α-hetero) is 1. The van der Waals surface area contributed by atoms with Gasteiger partial charge in [0.2, 0.25) is 11.8 Å². The van der Waals surface area contributed by atoms with Crippen molar-refractivity contribution in [2.75, 3.05) is 0 Å². The number of carbonyl (C=O) groups excluding carboxylic acids is 2. The molecule has 0 aromatic heterocycles. The largest absolute Gasteiger partial charge is 0.343 e. The van der Waals surface area contributed by atoms with Gasteiger partial charge >= 0.3 is 0 Å². The van der Waals surface area contributed by atoms with Gasteiger partial charge in [-0.25, -0.2) is 8.78 Å². The molecule has 1 spiro atoms. The SMILES string of the molecule is Cc1cc(Br)cc(C)c1C1C(=O)NC2(CCC(F)(F)CC2)C1=O. The second-order valence-electron chi connectivity index (χ2n) is 6.68. The lowest BCUT2D eigenvalue weighted by atomic mass is 9.75. The zero-order valence-corrected chi connectivity index (χ0v) is 14.6. The Balaban J connectivity index is 1.98. The number of hydrogen-bond donors (Lipinski definition) is 1. The summed E-state index contributed by atoms with van der Waals surface area (Å²) >= 11 is 3.40. The number of halogens is 3. The molecule has 1 aromatic rings. The van der Waals surface area contributed by atoms with Gasteiger partial charge in [0.05, 0.1) is 0 Å². The zero-order valence-electron chi connectivity index (χ0n) is 13.0. The topological polar surface area (TPSA) is 46.2 Å². The number of rotatable bonds is 1. The molecule has 1 amide bonds. The molecule has 3 nitrogen and oxygen atoms in total. The molecule has 1 heterocycles. The van der Waals surface area contributed by atoms with Crippen LogP contribution in [0.4, 0.5) is 8.78 Å². The first-order valence-corrected chi connectivity index (χ1v) is 8.45. The minimum atomic E-state index is -2.74. The maximum atomic E-state index is 13.4. The molecule has 1 saturated heterocycles. The number of benzene rings is 1. The van der Waals surface area contributed by atoms with Crippen LogP contribution < -0.4 is 5.32 Å². The number of nitrogens with one attached hydrogen (secondary N) is 1. The van der Waals surface area contributed by atoms with Crippen molar-refractivity contribution >= 4 is 27.6 Å². The first-order valence-electron chi connectivity index (χ1n) is 7.66. The second-order valence-corrected chi connectivity index (χ2v) is 7.59. The van der Waals surface area contributed by atoms with E-state index in [4.69, 9.17) is 0 Å². The summed E-state index contributed by atoms with van der Waals surface area (Å²) in [7, 11) is 0. The minimum absolute atomic E-state index is 0.00962. The van der Waals surface area contributed by atoms with Gasteiger partial charge in [0.15, 0.2) is 5.78 Å². The summed E-state index contributed by atoms with van der Waals surface area (Å²) in [5, 5.41) is 2.74. The molecule has 1 aliphatic carbocycles. The zero-order chi connectivity index (χ0) is 17.0. The molecule has 1 N–H and O–H groups in total. The van der Waals surface area contributed by atoms with E-state index in [1.54, 1.807) is 0 Å². The van der Waals surface area contributed by atoms with Crippen LogP contribution in [0.15, 0.2) is 16.6 Å². The lowest BCUT2D eigenvalue weighted by Gasteiger charge is -2.35. The van der Waals surface area contributed by atoms with Crippen LogP contribution in [0.5, 0.6) is 0 Å². The van der Waals surface area contributed by atoms with Gasteiger partial charge in [-0.1, -0.05) is 15.9 Å². The van der Waals surface area contributed by atoms with E-state index in [0.717, 1.165) is 15.6 Å². The van der Waals surface area contributed by atoms with E-state index in [1.165, 1.54) is 0 Å². The average Bonchev–Trinajstić information content (AvgIpc) is 2.66. The van der Waals surface area contributed by atoms with Gasteiger partial charge in [-0.2, -0.15) is 0 Å². The Morgan fingerprint density at radius 1 is 1.09 bits per heavy atom. The van der Waals surface area contributed by atoms with Gasteiger partial charge in [-0.15, -0.1) is 0 Å². The highest BCUT2D eigenvalue weighted by Gasteiger charge is 2.57. The van der Waals surface area contributed by atoms with Crippen LogP contribution >= 0.6 is 15.9 Å². The quantitative estimate of drug-likeness (QED) is 0.747. The van der Waals surface area contributed by atoms with E-state index in [1.807, 2.05) is 26.0 Å². The Morgan fingerprint density at radius 2 is 1.61 bits per heavy atom. The Kier molecular flexibility index (Phi) is 3.86. The molecule has 2 aliphatic rings. The summed E-state index contributed by atoms with van der Waals surface area (Å²) in [6, 6.07) is 3.73. The summed E-state index contributed by atoms with van der Waals surface area (Å²) in [5.74, 6) is -4.26. The van der Waals surface area contributed by atoms with Crippen LogP contribution in [0.2, 0.25) is 0 Å². The standard InChI is InChI=1S/C17H18BrF2NO2/c1-9-7-11(18)8-10(2)12(9)13-14(22)16(21-15(13)23)3-5-17(19,20)6-4-16/h7-8,13H,3-6H2,1-2H3,(H,21,23). The van der Waals surface area contributed by atoms with Crippen LogP contribution in [0, 0.1) is 13.8 Å². The number of aryl methyl sites for hydroxylation is 2. The van der Waals surface area contributed by atoms with Crippen molar-refractivity contribution in [3.63, 3.8) is 0 Å². The highest BCUT2D eigenvalue weighted by molar-refractivity contribution is 9.10. The highest BCUT2D eigenvalue weighted by atomic mass is 79.9. The van der Waals surface area contributed by atoms with Gasteiger partial charge < -0.3 is 5.32 Å². The maximum absolute atomic E-state index is 13.4. The van der Waals surface area contributed by atoms with E-state index < -0.39 is 17.4 Å². The average molecular weight is 386 g/mol. The predicted octanol–water partition coefficient (Wildman–Crippen LogP) is 3.80. The van der Waals surface area contributed by atoms with Gasteiger partial charge in [0.1, 0.15) is 11.5 Å². The fraction of sp³-hybridized carbons (Fsp3) is 0.529. The smallest absolute Gasteiger partial charge is 0.248 e. The van der Waals surface area contributed by atoms with Gasteiger partial charge in [-0.05, 0) is 55.5 Å². The van der Waals surface area contributed by atoms with Gasteiger partial charge in [0.25, 0.3) is 0 Å². The number of hydrogen-bond acceptors (Lipinski definition) is 2. The van der Waals surface area contributed by atoms with E-state index in [-0.39, 0.29) is 37.4 Å². The monoisotopic (exact) mass is 385 g/mol. The molecule has 2 fully saturated rings. The third-order valence-electron chi connectivity index (χ3n) is 5.04. The summed E-state index contributed by atoms with van der Waals surface area (Å²) in [5.41, 5.74) is 1.28. The molecule has 23 heavy (non-hydrogen) atoms. The van der Waals surface area contributed by atoms with E-state index in [9.17, 15) is 18.4 Å². The molecule has 1 aliphatic heterocycles. The third-order valence-corrected chi connectivity index (χ3v) is 5.50. The number of amides is 1. The Labute approximate surface area is 142 Å². The summed E-state index contributed by atoms with van der Waals surface area (Å²) in [6.07, 6.45) is -0.695. The van der Waals surface area contributed by atoms with Crippen LogP contribution in [-0.2, 0) is 9.59 Å². The molecular formula is C17H18BrF2NO2. The Hall–Kier alpha value is -1.30. The van der Waals surface area contributed by atoms with Crippen LogP contribution in [-0.4, -0.2) is 23.2 Å². The lowest BCUT2D eigenvalue weighted by molar-refractivity contribution is -0.128. The van der Waals surface area contributed by atoms with Crippen LogP contribution in [0.3, 0.4) is 0 Å². The fourth-order valence-corrected chi connectivity index (χ4v) is 4.51. The maximum Gasteiger partial charge on any atom is 0.248 e. The van der Waals surface area contributed by atoms with Crippen LogP contribution in [0.1, 0.15) is 48.3 Å². The Morgan fingerprint density at radius 3 is 2.13 bits per heavy atom. The molecule has 0 radical (unpaired) electrons. The Bertz CT molecular complexity index is 669. The van der Waals surface area contributed by atoms with Crippen molar-refractivity contribution in [1.82, 2.24) is 5.32 Å². The van der Waals surface area contributed by atoms with Crippen molar-refractivity contribution in [3.8, 4) is 0 Å². The van der Waals surface area contributed by atoms with Crippen molar-refractivity contribution in [2.24, 2.45) is 0 Å². The summed E-state index contributed by atoms with van der Waals surface area (Å²) in [6.45, 7) is 3.71. The molecular weight excluding hydrogens is 368 g/mol. The molecule has 3 rings (SSSR count). The molecule has 6 heteroatoms. The first kappa shape index (κ1) is 16.6. The van der Waals surface area contributed by atoms with Crippen molar-refractivity contribution in [2.45, 2.75) is 56.9 Å². The lowest BCUT2D eigenvalue weighted by Crippen LogP contribution is -2.51. The minimum Gasteiger partial charge on any atom is -0.343 e. The number of carbonyl (C=O) groups is 2. The van der Waals surface area contributed by atoms with Gasteiger partial charge in [0, 0.05) is 17.3 Å². The first-order chi connectivity index (χ1) is 10.7. The van der Waals surface area contributed by atoms with Crippen molar-refractivity contribution in [1.29, 1.82) is 0 Å².